The van der Waals surface area contributed by atoms with Crippen LogP contribution >= 0.6 is 0 Å². The minimum Gasteiger partial charge on any atom is -0.496 e. The standard InChI is InChI=1S/C15H23FO2/c1-5-7-11(2)10-15(3,17)14-12(16)8-6-9-13(14)18-4/h6,8-9,11,17H,5,7,10H2,1-4H3. The van der Waals surface area contributed by atoms with Crippen LogP contribution in [0.4, 0.5) is 4.39 Å². The summed E-state index contributed by atoms with van der Waals surface area (Å²) in [4.78, 5) is 0. The van der Waals surface area contributed by atoms with Crippen LogP contribution in [0.25, 0.3) is 0 Å². The van der Waals surface area contributed by atoms with Gasteiger partial charge in [0.25, 0.3) is 0 Å². The molecule has 0 saturated carbocycles. The SMILES string of the molecule is CCCC(C)CC(C)(O)c1c(F)cccc1OC. The lowest BCUT2D eigenvalue weighted by molar-refractivity contribution is 0.0254. The Bertz CT molecular complexity index is 388. The zero-order valence-corrected chi connectivity index (χ0v) is 11.7. The average Bonchev–Trinajstić information content (AvgIpc) is 2.27. The summed E-state index contributed by atoms with van der Waals surface area (Å²) in [6.45, 7) is 5.83. The Hall–Kier alpha value is -1.09. The number of hydrogen-bond acceptors (Lipinski definition) is 2. The summed E-state index contributed by atoms with van der Waals surface area (Å²) in [5.74, 6) is 0.334. The lowest BCUT2D eigenvalue weighted by atomic mass is 9.84. The van der Waals surface area contributed by atoms with Crippen LogP contribution in [-0.2, 0) is 5.60 Å². The molecule has 2 unspecified atom stereocenters. The zero-order valence-electron chi connectivity index (χ0n) is 11.7. The highest BCUT2D eigenvalue weighted by Gasteiger charge is 2.31. The van der Waals surface area contributed by atoms with Crippen LogP contribution in [0.2, 0.25) is 0 Å². The van der Waals surface area contributed by atoms with Crippen LogP contribution in [-0.4, -0.2) is 12.2 Å². The number of ether oxygens (including phenoxy) is 1. The molecule has 0 bridgehead atoms. The molecule has 0 aromatic heterocycles. The summed E-state index contributed by atoms with van der Waals surface area (Å²) in [7, 11) is 1.49. The van der Waals surface area contributed by atoms with Crippen molar-refractivity contribution in [2.45, 2.75) is 45.6 Å². The summed E-state index contributed by atoms with van der Waals surface area (Å²) in [6.07, 6.45) is 2.61. The van der Waals surface area contributed by atoms with Crippen molar-refractivity contribution in [1.82, 2.24) is 0 Å². The van der Waals surface area contributed by atoms with E-state index in [0.717, 1.165) is 12.8 Å². The summed E-state index contributed by atoms with van der Waals surface area (Å²) in [6, 6.07) is 4.62. The van der Waals surface area contributed by atoms with E-state index in [-0.39, 0.29) is 5.56 Å². The van der Waals surface area contributed by atoms with Gasteiger partial charge in [0.2, 0.25) is 0 Å². The van der Waals surface area contributed by atoms with E-state index in [9.17, 15) is 9.50 Å². The third kappa shape index (κ3) is 3.45. The van der Waals surface area contributed by atoms with E-state index in [2.05, 4.69) is 13.8 Å². The van der Waals surface area contributed by atoms with Crippen molar-refractivity contribution < 1.29 is 14.2 Å². The Morgan fingerprint density at radius 1 is 1.44 bits per heavy atom. The molecule has 2 atom stereocenters. The van der Waals surface area contributed by atoms with Crippen LogP contribution < -0.4 is 4.74 Å². The largest absolute Gasteiger partial charge is 0.496 e. The maximum absolute atomic E-state index is 13.9. The van der Waals surface area contributed by atoms with Crippen LogP contribution in [0, 0.1) is 11.7 Å². The first-order valence-corrected chi connectivity index (χ1v) is 6.47. The molecule has 0 fully saturated rings. The molecule has 0 aliphatic rings. The number of methoxy groups -OCH3 is 1. The van der Waals surface area contributed by atoms with Crippen LogP contribution in [0.15, 0.2) is 18.2 Å². The minimum absolute atomic E-state index is 0.260. The summed E-state index contributed by atoms with van der Waals surface area (Å²) < 4.78 is 19.1. The van der Waals surface area contributed by atoms with Crippen molar-refractivity contribution >= 4 is 0 Å². The molecule has 3 heteroatoms. The topological polar surface area (TPSA) is 29.5 Å². The monoisotopic (exact) mass is 254 g/mol. The number of halogens is 1. The molecular formula is C15H23FO2. The van der Waals surface area contributed by atoms with Gasteiger partial charge < -0.3 is 9.84 Å². The minimum atomic E-state index is -1.20. The maximum Gasteiger partial charge on any atom is 0.133 e. The van der Waals surface area contributed by atoms with Crippen molar-refractivity contribution in [2.75, 3.05) is 7.11 Å². The molecule has 2 nitrogen and oxygen atoms in total. The molecule has 0 spiro atoms. The molecule has 0 saturated heterocycles. The molecule has 1 aromatic carbocycles. The van der Waals surface area contributed by atoms with E-state index < -0.39 is 11.4 Å². The molecule has 0 radical (unpaired) electrons. The molecule has 1 rings (SSSR count). The Labute approximate surface area is 109 Å². The Balaban J connectivity index is 3.03. The first-order chi connectivity index (χ1) is 8.42. The van der Waals surface area contributed by atoms with Gasteiger partial charge in [0.15, 0.2) is 0 Å². The van der Waals surface area contributed by atoms with E-state index >= 15 is 0 Å². The predicted octanol–water partition coefficient (Wildman–Crippen LogP) is 3.87. The second-order valence-electron chi connectivity index (χ2n) is 5.19. The highest BCUT2D eigenvalue weighted by atomic mass is 19.1. The highest BCUT2D eigenvalue weighted by Crippen LogP contribution is 2.37. The third-order valence-electron chi connectivity index (χ3n) is 3.26. The maximum atomic E-state index is 13.9. The third-order valence-corrected chi connectivity index (χ3v) is 3.26. The highest BCUT2D eigenvalue weighted by molar-refractivity contribution is 5.38. The van der Waals surface area contributed by atoms with E-state index in [1.54, 1.807) is 19.1 Å². The summed E-state index contributed by atoms with van der Waals surface area (Å²) in [5, 5.41) is 10.6. The smallest absolute Gasteiger partial charge is 0.133 e. The van der Waals surface area contributed by atoms with Gasteiger partial charge in [-0.15, -0.1) is 0 Å². The lowest BCUT2D eigenvalue weighted by Crippen LogP contribution is -2.26. The summed E-state index contributed by atoms with van der Waals surface area (Å²) >= 11 is 0. The Morgan fingerprint density at radius 2 is 2.11 bits per heavy atom. The van der Waals surface area contributed by atoms with Gasteiger partial charge in [-0.3, -0.25) is 0 Å². The number of benzene rings is 1. The van der Waals surface area contributed by atoms with Crippen molar-refractivity contribution in [3.63, 3.8) is 0 Å². The van der Waals surface area contributed by atoms with Gasteiger partial charge in [0, 0.05) is 0 Å². The van der Waals surface area contributed by atoms with Gasteiger partial charge in [-0.2, -0.15) is 0 Å². The molecule has 1 N–H and O–H groups in total. The quantitative estimate of drug-likeness (QED) is 0.835. The Kier molecular flexibility index (Phi) is 5.15. The fourth-order valence-electron chi connectivity index (χ4n) is 2.57. The van der Waals surface area contributed by atoms with Crippen LogP contribution in [0.1, 0.15) is 45.6 Å². The van der Waals surface area contributed by atoms with Gasteiger partial charge in [-0.1, -0.05) is 32.8 Å². The molecule has 102 valence electrons. The van der Waals surface area contributed by atoms with Gasteiger partial charge in [0.05, 0.1) is 18.3 Å². The van der Waals surface area contributed by atoms with Crippen molar-refractivity contribution in [3.8, 4) is 5.75 Å². The van der Waals surface area contributed by atoms with Crippen LogP contribution in [0.5, 0.6) is 5.75 Å². The molecule has 0 aliphatic heterocycles. The number of hydrogen-bond donors (Lipinski definition) is 1. The van der Waals surface area contributed by atoms with Gasteiger partial charge >= 0.3 is 0 Å². The summed E-state index contributed by atoms with van der Waals surface area (Å²) in [5.41, 5.74) is -0.943. The van der Waals surface area contributed by atoms with Crippen molar-refractivity contribution in [1.29, 1.82) is 0 Å². The van der Waals surface area contributed by atoms with Gasteiger partial charge in [0.1, 0.15) is 11.6 Å². The predicted molar refractivity (Wildman–Crippen MR) is 71.2 cm³/mol. The molecule has 0 heterocycles. The molecular weight excluding hydrogens is 231 g/mol. The molecule has 18 heavy (non-hydrogen) atoms. The average molecular weight is 254 g/mol. The molecule has 0 aliphatic carbocycles. The lowest BCUT2D eigenvalue weighted by Gasteiger charge is -2.29. The van der Waals surface area contributed by atoms with Crippen molar-refractivity contribution in [2.24, 2.45) is 5.92 Å². The fraction of sp³-hybridized carbons (Fsp3) is 0.600. The number of rotatable bonds is 6. The van der Waals surface area contributed by atoms with E-state index in [1.165, 1.54) is 13.2 Å². The van der Waals surface area contributed by atoms with E-state index in [0.29, 0.717) is 18.1 Å². The second kappa shape index (κ2) is 6.19. The fourth-order valence-corrected chi connectivity index (χ4v) is 2.57. The van der Waals surface area contributed by atoms with Gasteiger partial charge in [-0.05, 0) is 31.4 Å². The van der Waals surface area contributed by atoms with E-state index in [1.807, 2.05) is 0 Å². The molecule has 0 amide bonds. The second-order valence-corrected chi connectivity index (χ2v) is 5.19. The van der Waals surface area contributed by atoms with Crippen molar-refractivity contribution in [3.05, 3.63) is 29.6 Å². The number of aliphatic hydroxyl groups is 1. The first kappa shape index (κ1) is 15.0. The zero-order chi connectivity index (χ0) is 13.8. The molecule has 1 aromatic rings. The van der Waals surface area contributed by atoms with Crippen LogP contribution in [0.3, 0.4) is 0 Å². The van der Waals surface area contributed by atoms with Gasteiger partial charge in [-0.25, -0.2) is 4.39 Å². The Morgan fingerprint density at radius 3 is 2.67 bits per heavy atom. The van der Waals surface area contributed by atoms with E-state index in [4.69, 9.17) is 4.74 Å². The first-order valence-electron chi connectivity index (χ1n) is 6.47. The normalized spacial score (nSPS) is 16.1.